The molecule has 1 aromatic heterocycles. The Balaban J connectivity index is 1.93. The minimum atomic E-state index is 0.583. The molecule has 3 aromatic rings. The maximum Gasteiger partial charge on any atom is 0.188 e. The van der Waals surface area contributed by atoms with Gasteiger partial charge in [-0.3, -0.25) is 0 Å². The molecule has 102 valence electrons. The number of thiazole rings is 1. The topological polar surface area (TPSA) is 34.1 Å². The van der Waals surface area contributed by atoms with Gasteiger partial charge in [0.1, 0.15) is 0 Å². The number of hydrogen-bond acceptors (Lipinski definition) is 4. The van der Waals surface area contributed by atoms with Gasteiger partial charge in [-0.15, -0.1) is 0 Å². The van der Waals surface area contributed by atoms with Crippen molar-refractivity contribution in [1.82, 2.24) is 4.98 Å². The average molecular weight is 349 g/mol. The molecule has 0 saturated carbocycles. The number of rotatable bonds is 4. The number of ether oxygens (including phenoxy) is 1. The van der Waals surface area contributed by atoms with Crippen LogP contribution < -0.4 is 5.32 Å². The van der Waals surface area contributed by atoms with Crippen LogP contribution in [0.3, 0.4) is 0 Å². The van der Waals surface area contributed by atoms with Crippen molar-refractivity contribution in [3.8, 4) is 0 Å². The first-order chi connectivity index (χ1) is 9.76. The predicted octanol–water partition coefficient (Wildman–Crippen LogP) is 4.95. The zero-order valence-electron chi connectivity index (χ0n) is 10.9. The number of para-hydroxylation sites is 1. The molecule has 0 fully saturated rings. The third kappa shape index (κ3) is 2.85. The summed E-state index contributed by atoms with van der Waals surface area (Å²) in [6.45, 7) is 0.583. The molecule has 0 saturated heterocycles. The largest absolute Gasteiger partial charge is 0.380 e. The number of nitrogens with zero attached hydrogens (tertiary/aromatic N) is 1. The fourth-order valence-electron chi connectivity index (χ4n) is 1.99. The molecule has 1 heterocycles. The molecule has 0 aliphatic heterocycles. The summed E-state index contributed by atoms with van der Waals surface area (Å²) in [4.78, 5) is 4.60. The third-order valence-corrected chi connectivity index (χ3v) is 4.34. The van der Waals surface area contributed by atoms with Gasteiger partial charge in [0, 0.05) is 22.8 Å². The van der Waals surface area contributed by atoms with Crippen molar-refractivity contribution in [3.63, 3.8) is 0 Å². The standard InChI is InChI=1S/C15H13BrN2OS/c1-19-9-10-4-2-3-5-12(10)17-15-18-13-7-6-11(16)8-14(13)20-15/h2-8H,9H2,1H3,(H,17,18). The molecule has 2 aromatic carbocycles. The van der Waals surface area contributed by atoms with Crippen molar-refractivity contribution in [2.24, 2.45) is 0 Å². The van der Waals surface area contributed by atoms with Crippen molar-refractivity contribution in [2.45, 2.75) is 6.61 Å². The first-order valence-electron chi connectivity index (χ1n) is 6.16. The predicted molar refractivity (Wildman–Crippen MR) is 87.8 cm³/mol. The third-order valence-electron chi connectivity index (χ3n) is 2.91. The summed E-state index contributed by atoms with van der Waals surface area (Å²) in [5.74, 6) is 0. The first kappa shape index (κ1) is 13.5. The maximum absolute atomic E-state index is 5.22. The van der Waals surface area contributed by atoms with Crippen molar-refractivity contribution in [3.05, 3.63) is 52.5 Å². The van der Waals surface area contributed by atoms with Crippen LogP contribution in [0.5, 0.6) is 0 Å². The van der Waals surface area contributed by atoms with Gasteiger partial charge in [0.15, 0.2) is 5.13 Å². The minimum Gasteiger partial charge on any atom is -0.380 e. The fourth-order valence-corrected chi connectivity index (χ4v) is 3.42. The van der Waals surface area contributed by atoms with Crippen LogP contribution in [0, 0.1) is 0 Å². The second kappa shape index (κ2) is 5.91. The molecule has 0 atom stereocenters. The summed E-state index contributed by atoms with van der Waals surface area (Å²) < 4.78 is 7.45. The average Bonchev–Trinajstić information content (AvgIpc) is 2.82. The number of benzene rings is 2. The van der Waals surface area contributed by atoms with E-state index in [0.717, 1.165) is 31.1 Å². The Labute approximate surface area is 129 Å². The van der Waals surface area contributed by atoms with E-state index in [0.29, 0.717) is 6.61 Å². The molecule has 0 spiro atoms. The van der Waals surface area contributed by atoms with Crippen LogP contribution in [0.15, 0.2) is 46.9 Å². The Morgan fingerprint density at radius 1 is 1.25 bits per heavy atom. The Morgan fingerprint density at radius 2 is 2.10 bits per heavy atom. The van der Waals surface area contributed by atoms with Crippen LogP contribution in [0.2, 0.25) is 0 Å². The second-order valence-electron chi connectivity index (χ2n) is 4.35. The van der Waals surface area contributed by atoms with E-state index in [2.05, 4.69) is 38.4 Å². The van der Waals surface area contributed by atoms with Crippen molar-refractivity contribution in [1.29, 1.82) is 0 Å². The van der Waals surface area contributed by atoms with Crippen molar-refractivity contribution in [2.75, 3.05) is 12.4 Å². The lowest BCUT2D eigenvalue weighted by atomic mass is 10.2. The second-order valence-corrected chi connectivity index (χ2v) is 6.29. The van der Waals surface area contributed by atoms with Crippen LogP contribution in [0.1, 0.15) is 5.56 Å². The smallest absolute Gasteiger partial charge is 0.188 e. The zero-order chi connectivity index (χ0) is 13.9. The molecule has 1 N–H and O–H groups in total. The van der Waals surface area contributed by atoms with E-state index >= 15 is 0 Å². The molecule has 0 aliphatic rings. The van der Waals surface area contributed by atoms with Crippen molar-refractivity contribution >= 4 is 48.3 Å². The molecule has 0 radical (unpaired) electrons. The summed E-state index contributed by atoms with van der Waals surface area (Å²) in [7, 11) is 1.70. The SMILES string of the molecule is COCc1ccccc1Nc1nc2ccc(Br)cc2s1. The highest BCUT2D eigenvalue weighted by Crippen LogP contribution is 2.31. The number of nitrogens with one attached hydrogen (secondary N) is 1. The number of hydrogen-bond donors (Lipinski definition) is 1. The van der Waals surface area contributed by atoms with Crippen LogP contribution in [0.4, 0.5) is 10.8 Å². The van der Waals surface area contributed by atoms with Crippen LogP contribution in [-0.4, -0.2) is 12.1 Å². The highest BCUT2D eigenvalue weighted by atomic mass is 79.9. The Kier molecular flexibility index (Phi) is 4.00. The normalized spacial score (nSPS) is 10.9. The van der Waals surface area contributed by atoms with Crippen molar-refractivity contribution < 1.29 is 4.74 Å². The summed E-state index contributed by atoms with van der Waals surface area (Å²) >= 11 is 5.12. The molecule has 0 bridgehead atoms. The molecule has 3 nitrogen and oxygen atoms in total. The minimum absolute atomic E-state index is 0.583. The number of halogens is 1. The van der Waals surface area contributed by atoms with Gasteiger partial charge in [0.2, 0.25) is 0 Å². The maximum atomic E-state index is 5.22. The van der Waals surface area contributed by atoms with Gasteiger partial charge in [0.05, 0.1) is 16.8 Å². The fraction of sp³-hybridized carbons (Fsp3) is 0.133. The lowest BCUT2D eigenvalue weighted by molar-refractivity contribution is 0.185. The van der Waals surface area contributed by atoms with Gasteiger partial charge < -0.3 is 10.1 Å². The van der Waals surface area contributed by atoms with Gasteiger partial charge in [-0.2, -0.15) is 0 Å². The number of fused-ring (bicyclic) bond motifs is 1. The van der Waals surface area contributed by atoms with E-state index in [9.17, 15) is 0 Å². The summed E-state index contributed by atoms with van der Waals surface area (Å²) in [6.07, 6.45) is 0. The number of methoxy groups -OCH3 is 1. The molecule has 20 heavy (non-hydrogen) atoms. The summed E-state index contributed by atoms with van der Waals surface area (Å²) in [5.41, 5.74) is 3.16. The summed E-state index contributed by atoms with van der Waals surface area (Å²) in [6, 6.07) is 14.2. The molecule has 5 heteroatoms. The lowest BCUT2D eigenvalue weighted by Gasteiger charge is -2.08. The first-order valence-corrected chi connectivity index (χ1v) is 7.77. The van der Waals surface area contributed by atoms with Crippen LogP contribution in [-0.2, 0) is 11.3 Å². The number of anilines is 2. The monoisotopic (exact) mass is 348 g/mol. The molecular formula is C15H13BrN2OS. The molecule has 0 amide bonds. The Bertz CT molecular complexity index is 742. The van der Waals surface area contributed by atoms with E-state index in [1.807, 2.05) is 30.3 Å². The van der Waals surface area contributed by atoms with Gasteiger partial charge in [-0.05, 0) is 24.3 Å². The van der Waals surface area contributed by atoms with E-state index in [1.165, 1.54) is 0 Å². The van der Waals surface area contributed by atoms with E-state index in [1.54, 1.807) is 18.4 Å². The van der Waals surface area contributed by atoms with Crippen LogP contribution >= 0.6 is 27.3 Å². The van der Waals surface area contributed by atoms with Gasteiger partial charge in [0.25, 0.3) is 0 Å². The van der Waals surface area contributed by atoms with Crippen LogP contribution in [0.25, 0.3) is 10.2 Å². The molecular weight excluding hydrogens is 336 g/mol. The lowest BCUT2D eigenvalue weighted by Crippen LogP contribution is -1.96. The van der Waals surface area contributed by atoms with E-state index < -0.39 is 0 Å². The van der Waals surface area contributed by atoms with Gasteiger partial charge in [-0.25, -0.2) is 4.98 Å². The highest BCUT2D eigenvalue weighted by Gasteiger charge is 2.07. The number of aromatic nitrogens is 1. The quantitative estimate of drug-likeness (QED) is 0.724. The Morgan fingerprint density at radius 3 is 2.95 bits per heavy atom. The Hall–Kier alpha value is -1.43. The summed E-state index contributed by atoms with van der Waals surface area (Å²) in [5, 5.41) is 4.27. The van der Waals surface area contributed by atoms with E-state index in [-0.39, 0.29) is 0 Å². The van der Waals surface area contributed by atoms with Gasteiger partial charge >= 0.3 is 0 Å². The van der Waals surface area contributed by atoms with E-state index in [4.69, 9.17) is 4.74 Å². The molecule has 3 rings (SSSR count). The molecule has 0 unspecified atom stereocenters. The molecule has 0 aliphatic carbocycles. The zero-order valence-corrected chi connectivity index (χ0v) is 13.3. The van der Waals surface area contributed by atoms with Gasteiger partial charge in [-0.1, -0.05) is 45.5 Å². The highest BCUT2D eigenvalue weighted by molar-refractivity contribution is 9.10.